The fourth-order valence-electron chi connectivity index (χ4n) is 3.07. The van der Waals surface area contributed by atoms with Crippen molar-refractivity contribution in [2.75, 3.05) is 10.7 Å². The first-order valence-corrected chi connectivity index (χ1v) is 8.85. The summed E-state index contributed by atoms with van der Waals surface area (Å²) < 4.78 is 0. The highest BCUT2D eigenvalue weighted by Gasteiger charge is 2.34. The summed E-state index contributed by atoms with van der Waals surface area (Å²) >= 11 is 1.49. The molecule has 0 radical (unpaired) electrons. The fraction of sp³-hybridized carbons (Fsp3) is 0.105. The fourth-order valence-corrected chi connectivity index (χ4v) is 4.24. The van der Waals surface area contributed by atoms with Gasteiger partial charge in [0.25, 0.3) is 5.69 Å². The van der Waals surface area contributed by atoms with Crippen molar-refractivity contribution in [1.82, 2.24) is 0 Å². The molecule has 1 aliphatic heterocycles. The number of nitrogens with zero attached hydrogens (tertiary/aromatic N) is 2. The Kier molecular flexibility index (Phi) is 3.89. The number of fused-ring (bicyclic) bond motifs is 1. The van der Waals surface area contributed by atoms with Crippen LogP contribution in [0.4, 0.5) is 11.4 Å². The van der Waals surface area contributed by atoms with E-state index in [4.69, 9.17) is 0 Å². The number of nitro benzene ring substituents is 1. The summed E-state index contributed by atoms with van der Waals surface area (Å²) in [6.45, 7) is 0. The SMILES string of the molecule is O=C1CS[C@H](c2cccc([N+](=O)[O-])c2)N1c1ccc2ccccc2c1. The van der Waals surface area contributed by atoms with Gasteiger partial charge in [0.2, 0.25) is 5.91 Å². The predicted molar refractivity (Wildman–Crippen MR) is 99.7 cm³/mol. The third kappa shape index (κ3) is 2.85. The largest absolute Gasteiger partial charge is 0.295 e. The third-order valence-corrected chi connectivity index (χ3v) is 5.46. The first-order chi connectivity index (χ1) is 12.1. The molecule has 0 aromatic heterocycles. The van der Waals surface area contributed by atoms with E-state index in [0.29, 0.717) is 5.75 Å². The van der Waals surface area contributed by atoms with Crippen LogP contribution in [0.3, 0.4) is 0 Å². The lowest BCUT2D eigenvalue weighted by atomic mass is 10.1. The average molecular weight is 350 g/mol. The van der Waals surface area contributed by atoms with E-state index in [9.17, 15) is 14.9 Å². The molecule has 0 unspecified atom stereocenters. The van der Waals surface area contributed by atoms with Crippen LogP contribution in [0.1, 0.15) is 10.9 Å². The number of nitro groups is 1. The van der Waals surface area contributed by atoms with Crippen LogP contribution in [-0.2, 0) is 4.79 Å². The average Bonchev–Trinajstić information content (AvgIpc) is 3.03. The summed E-state index contributed by atoms with van der Waals surface area (Å²) in [5.74, 6) is 0.372. The van der Waals surface area contributed by atoms with Gasteiger partial charge in [0.1, 0.15) is 5.37 Å². The molecule has 0 spiro atoms. The maximum Gasteiger partial charge on any atom is 0.269 e. The number of rotatable bonds is 3. The Bertz CT molecular complexity index is 989. The number of benzene rings is 3. The van der Waals surface area contributed by atoms with E-state index in [1.807, 2.05) is 48.5 Å². The normalized spacial score (nSPS) is 17.2. The number of amides is 1. The molecule has 1 heterocycles. The molecule has 1 atom stereocenters. The van der Waals surface area contributed by atoms with Gasteiger partial charge >= 0.3 is 0 Å². The van der Waals surface area contributed by atoms with Crippen molar-refractivity contribution in [2.24, 2.45) is 0 Å². The second kappa shape index (κ2) is 6.22. The number of carbonyl (C=O) groups is 1. The van der Waals surface area contributed by atoms with Crippen LogP contribution in [0.25, 0.3) is 10.8 Å². The third-order valence-electron chi connectivity index (χ3n) is 4.25. The number of anilines is 1. The van der Waals surface area contributed by atoms with Crippen molar-refractivity contribution < 1.29 is 9.72 Å². The highest BCUT2D eigenvalue weighted by Crippen LogP contribution is 2.42. The lowest BCUT2D eigenvalue weighted by Gasteiger charge is -2.24. The Hall–Kier alpha value is -2.86. The number of hydrogen-bond acceptors (Lipinski definition) is 4. The summed E-state index contributed by atoms with van der Waals surface area (Å²) in [7, 11) is 0. The number of hydrogen-bond donors (Lipinski definition) is 0. The Balaban J connectivity index is 1.76. The molecular weight excluding hydrogens is 336 g/mol. The molecule has 5 nitrogen and oxygen atoms in total. The standard InChI is InChI=1S/C19H14N2O3S/c22-18-12-25-19(15-6-3-7-17(11-15)21(23)24)20(18)16-9-8-13-4-1-2-5-14(13)10-16/h1-11,19H,12H2/t19-/m1/s1. The van der Waals surface area contributed by atoms with Crippen LogP contribution >= 0.6 is 11.8 Å². The molecule has 0 N–H and O–H groups in total. The van der Waals surface area contributed by atoms with Crippen molar-refractivity contribution in [3.05, 3.63) is 82.4 Å². The molecule has 0 bridgehead atoms. The lowest BCUT2D eigenvalue weighted by molar-refractivity contribution is -0.384. The lowest BCUT2D eigenvalue weighted by Crippen LogP contribution is -2.27. The van der Waals surface area contributed by atoms with Crippen molar-refractivity contribution >= 4 is 39.8 Å². The minimum absolute atomic E-state index is 0.0109. The van der Waals surface area contributed by atoms with Gasteiger partial charge in [-0.25, -0.2) is 0 Å². The van der Waals surface area contributed by atoms with Gasteiger partial charge in [-0.1, -0.05) is 42.5 Å². The van der Waals surface area contributed by atoms with E-state index in [0.717, 1.165) is 22.0 Å². The van der Waals surface area contributed by atoms with E-state index in [1.54, 1.807) is 17.0 Å². The van der Waals surface area contributed by atoms with E-state index in [1.165, 1.54) is 17.8 Å². The maximum absolute atomic E-state index is 12.5. The highest BCUT2D eigenvalue weighted by molar-refractivity contribution is 8.00. The van der Waals surface area contributed by atoms with Gasteiger partial charge in [-0.3, -0.25) is 19.8 Å². The maximum atomic E-state index is 12.5. The van der Waals surface area contributed by atoms with Gasteiger partial charge in [-0.15, -0.1) is 11.8 Å². The zero-order valence-corrected chi connectivity index (χ0v) is 14.0. The molecule has 3 aromatic rings. The summed E-state index contributed by atoms with van der Waals surface area (Å²) in [6.07, 6.45) is 0. The van der Waals surface area contributed by atoms with Crippen molar-refractivity contribution in [3.63, 3.8) is 0 Å². The van der Waals surface area contributed by atoms with Gasteiger partial charge < -0.3 is 0 Å². The Labute approximate surface area is 148 Å². The number of carbonyl (C=O) groups excluding carboxylic acids is 1. The van der Waals surface area contributed by atoms with E-state index < -0.39 is 4.92 Å². The summed E-state index contributed by atoms with van der Waals surface area (Å²) in [5.41, 5.74) is 1.61. The molecule has 1 aliphatic rings. The topological polar surface area (TPSA) is 63.4 Å². The number of non-ortho nitro benzene ring substituents is 1. The van der Waals surface area contributed by atoms with Crippen molar-refractivity contribution in [2.45, 2.75) is 5.37 Å². The molecule has 1 fully saturated rings. The zero-order valence-electron chi connectivity index (χ0n) is 13.2. The molecule has 3 aromatic carbocycles. The van der Waals surface area contributed by atoms with Gasteiger partial charge in [0.15, 0.2) is 0 Å². The van der Waals surface area contributed by atoms with Gasteiger partial charge in [-0.05, 0) is 28.5 Å². The van der Waals surface area contributed by atoms with E-state index in [2.05, 4.69) is 0 Å². The van der Waals surface area contributed by atoms with Crippen molar-refractivity contribution in [1.29, 1.82) is 0 Å². The summed E-state index contributed by atoms with van der Waals surface area (Å²) in [5, 5.41) is 13.0. The first kappa shape index (κ1) is 15.7. The van der Waals surface area contributed by atoms with Crippen LogP contribution in [0.2, 0.25) is 0 Å². The second-order valence-electron chi connectivity index (χ2n) is 5.81. The molecule has 124 valence electrons. The minimum atomic E-state index is -0.411. The van der Waals surface area contributed by atoms with Crippen LogP contribution in [-0.4, -0.2) is 16.6 Å². The zero-order chi connectivity index (χ0) is 17.4. The van der Waals surface area contributed by atoms with Crippen molar-refractivity contribution in [3.8, 4) is 0 Å². The predicted octanol–water partition coefficient (Wildman–Crippen LogP) is 4.53. The molecule has 6 heteroatoms. The smallest absolute Gasteiger partial charge is 0.269 e. The molecule has 25 heavy (non-hydrogen) atoms. The molecular formula is C19H14N2O3S. The summed E-state index contributed by atoms with van der Waals surface area (Å²) in [4.78, 5) is 24.9. The van der Waals surface area contributed by atoms with Gasteiger partial charge in [0, 0.05) is 17.8 Å². The van der Waals surface area contributed by atoms with Crippen LogP contribution in [0, 0.1) is 10.1 Å². The minimum Gasteiger partial charge on any atom is -0.295 e. The molecule has 1 saturated heterocycles. The van der Waals surface area contributed by atoms with Crippen LogP contribution in [0.5, 0.6) is 0 Å². The highest BCUT2D eigenvalue weighted by atomic mass is 32.2. The molecule has 4 rings (SSSR count). The molecule has 0 aliphatic carbocycles. The first-order valence-electron chi connectivity index (χ1n) is 7.80. The Morgan fingerprint density at radius 3 is 2.60 bits per heavy atom. The Morgan fingerprint density at radius 2 is 1.80 bits per heavy atom. The van der Waals surface area contributed by atoms with Gasteiger partial charge in [-0.2, -0.15) is 0 Å². The monoisotopic (exact) mass is 350 g/mol. The van der Waals surface area contributed by atoms with E-state index in [-0.39, 0.29) is 17.0 Å². The van der Waals surface area contributed by atoms with Crippen LogP contribution in [0.15, 0.2) is 66.7 Å². The second-order valence-corrected chi connectivity index (χ2v) is 6.88. The Morgan fingerprint density at radius 1 is 1.00 bits per heavy atom. The van der Waals surface area contributed by atoms with Crippen LogP contribution < -0.4 is 4.90 Å². The number of thioether (sulfide) groups is 1. The molecule has 0 saturated carbocycles. The molecule has 1 amide bonds. The quantitative estimate of drug-likeness (QED) is 0.514. The van der Waals surface area contributed by atoms with Gasteiger partial charge in [0.05, 0.1) is 10.7 Å². The van der Waals surface area contributed by atoms with E-state index >= 15 is 0 Å². The summed E-state index contributed by atoms with van der Waals surface area (Å²) in [6, 6.07) is 20.4.